The molecule has 0 aliphatic carbocycles. The first-order valence-electron chi connectivity index (χ1n) is 9.69. The topological polar surface area (TPSA) is 102 Å². The lowest BCUT2D eigenvalue weighted by Gasteiger charge is -2.02. The number of carbonyl (C=O) groups excluding carboxylic acids is 2. The molecule has 1 aromatic rings. The molecular weight excluding hydrogens is 400 g/mol. The van der Waals surface area contributed by atoms with Gasteiger partial charge in [0, 0.05) is 12.2 Å². The molecule has 168 valence electrons. The Labute approximate surface area is 183 Å². The summed E-state index contributed by atoms with van der Waals surface area (Å²) in [6.07, 6.45) is 6.82. The fourth-order valence-corrected chi connectivity index (χ4v) is 1.63. The largest absolute Gasteiger partial charge is 0.478 e. The first-order chi connectivity index (χ1) is 14.8. The van der Waals surface area contributed by atoms with Crippen LogP contribution < -0.4 is 0 Å². The molecule has 7 nitrogen and oxygen atoms in total. The van der Waals surface area contributed by atoms with Crippen molar-refractivity contribution in [1.82, 2.24) is 0 Å². The Morgan fingerprint density at radius 3 is 2.26 bits per heavy atom. The average Bonchev–Trinajstić information content (AvgIpc) is 3.61. The molecular formula is C24H30O7. The highest BCUT2D eigenvalue weighted by Gasteiger charge is 2.23. The molecule has 0 amide bonds. The van der Waals surface area contributed by atoms with E-state index in [-0.39, 0.29) is 17.6 Å². The summed E-state index contributed by atoms with van der Waals surface area (Å²) >= 11 is 0. The van der Waals surface area contributed by atoms with Gasteiger partial charge >= 0.3 is 17.9 Å². The average molecular weight is 430 g/mol. The van der Waals surface area contributed by atoms with Gasteiger partial charge in [-0.15, -0.1) is 0 Å². The van der Waals surface area contributed by atoms with Crippen LogP contribution in [-0.2, 0) is 28.6 Å². The van der Waals surface area contributed by atoms with Crippen molar-refractivity contribution in [1.29, 1.82) is 0 Å². The molecule has 2 rings (SSSR count). The first-order valence-corrected chi connectivity index (χ1v) is 9.69. The molecule has 1 aromatic carbocycles. The Morgan fingerprint density at radius 2 is 1.81 bits per heavy atom. The summed E-state index contributed by atoms with van der Waals surface area (Å²) in [7, 11) is 0. The third kappa shape index (κ3) is 17.1. The van der Waals surface area contributed by atoms with Gasteiger partial charge < -0.3 is 19.3 Å². The molecule has 1 aliphatic rings. The Kier molecular flexibility index (Phi) is 15.5. The highest BCUT2D eigenvalue weighted by atomic mass is 16.6. The standard InChI is InChI=1S/C10H14O4.C8H8.C6H8O3/c1-3-4-7-14-10(13)8(2)5-6-9(11)12;1-2-8-6-4-3-5-7-8;1-2-6(7)9-4-5-3-8-5/h5-6H,2-4,7H2,1H3,(H,11,12);2-7H,1H2;2,5H,1,3-4H2. The van der Waals surface area contributed by atoms with Crippen LogP contribution in [0.25, 0.3) is 6.08 Å². The minimum Gasteiger partial charge on any atom is -0.478 e. The van der Waals surface area contributed by atoms with E-state index in [0.29, 0.717) is 19.8 Å². The molecule has 7 heteroatoms. The van der Waals surface area contributed by atoms with E-state index in [2.05, 4.69) is 24.5 Å². The van der Waals surface area contributed by atoms with Gasteiger partial charge in [0.15, 0.2) is 0 Å². The Hall–Kier alpha value is -3.45. The van der Waals surface area contributed by atoms with Crippen molar-refractivity contribution >= 4 is 24.0 Å². The van der Waals surface area contributed by atoms with Gasteiger partial charge in [-0.3, -0.25) is 0 Å². The maximum absolute atomic E-state index is 11.1. The summed E-state index contributed by atoms with van der Waals surface area (Å²) in [4.78, 5) is 31.5. The molecule has 0 aromatic heterocycles. The number of hydrogen-bond acceptors (Lipinski definition) is 6. The van der Waals surface area contributed by atoms with Crippen LogP contribution in [0.1, 0.15) is 25.3 Å². The summed E-state index contributed by atoms with van der Waals surface area (Å²) in [5, 5.41) is 8.28. The molecule has 0 saturated carbocycles. The van der Waals surface area contributed by atoms with E-state index in [4.69, 9.17) is 14.6 Å². The zero-order valence-corrected chi connectivity index (χ0v) is 17.8. The van der Waals surface area contributed by atoms with E-state index in [1.165, 1.54) is 5.56 Å². The van der Waals surface area contributed by atoms with Crippen molar-refractivity contribution in [3.63, 3.8) is 0 Å². The molecule has 1 fully saturated rings. The Morgan fingerprint density at radius 1 is 1.16 bits per heavy atom. The van der Waals surface area contributed by atoms with Crippen molar-refractivity contribution in [3.05, 3.63) is 79.4 Å². The summed E-state index contributed by atoms with van der Waals surface area (Å²) in [6, 6.07) is 10.0. The number of rotatable bonds is 10. The van der Waals surface area contributed by atoms with Crippen molar-refractivity contribution in [2.24, 2.45) is 0 Å². The smallest absolute Gasteiger partial charge is 0.337 e. The van der Waals surface area contributed by atoms with Crippen molar-refractivity contribution in [2.75, 3.05) is 19.8 Å². The van der Waals surface area contributed by atoms with Crippen LogP contribution in [0, 0.1) is 0 Å². The molecule has 1 heterocycles. The highest BCUT2D eigenvalue weighted by molar-refractivity contribution is 5.93. The number of ether oxygens (including phenoxy) is 3. The maximum Gasteiger partial charge on any atom is 0.337 e. The molecule has 0 bridgehead atoms. The second-order valence-electron chi connectivity index (χ2n) is 6.09. The van der Waals surface area contributed by atoms with E-state index in [1.54, 1.807) is 0 Å². The fraction of sp³-hybridized carbons (Fsp3) is 0.292. The lowest BCUT2D eigenvalue weighted by atomic mass is 10.2. The SMILES string of the molecule is C=C(C=CC(=O)O)C(=O)OCCCC.C=CC(=O)OCC1CO1.C=Cc1ccccc1. The second-order valence-corrected chi connectivity index (χ2v) is 6.09. The Bertz CT molecular complexity index is 746. The summed E-state index contributed by atoms with van der Waals surface area (Å²) < 4.78 is 14.2. The van der Waals surface area contributed by atoms with Gasteiger partial charge in [-0.05, 0) is 18.1 Å². The minimum absolute atomic E-state index is 0.0449. The fourth-order valence-electron chi connectivity index (χ4n) is 1.63. The van der Waals surface area contributed by atoms with E-state index in [1.807, 2.05) is 43.3 Å². The molecule has 0 radical (unpaired) electrons. The van der Waals surface area contributed by atoms with Crippen molar-refractivity contribution in [3.8, 4) is 0 Å². The van der Waals surface area contributed by atoms with Crippen LogP contribution in [0.4, 0.5) is 0 Å². The number of carboxylic acids is 1. The van der Waals surface area contributed by atoms with Crippen LogP contribution >= 0.6 is 0 Å². The number of epoxide rings is 1. The zero-order valence-electron chi connectivity index (χ0n) is 17.8. The third-order valence-electron chi connectivity index (χ3n) is 3.44. The molecule has 1 N–H and O–H groups in total. The summed E-state index contributed by atoms with van der Waals surface area (Å²) in [6.45, 7) is 13.7. The number of aliphatic carboxylic acids is 1. The predicted molar refractivity (Wildman–Crippen MR) is 119 cm³/mol. The van der Waals surface area contributed by atoms with Gasteiger partial charge in [0.1, 0.15) is 12.7 Å². The molecule has 1 aliphatic heterocycles. The lowest BCUT2D eigenvalue weighted by molar-refractivity contribution is -0.139. The van der Waals surface area contributed by atoms with E-state index in [0.717, 1.165) is 31.1 Å². The predicted octanol–water partition coefficient (Wildman–Crippen LogP) is 3.97. The molecule has 1 unspecified atom stereocenters. The van der Waals surface area contributed by atoms with Gasteiger partial charge in [-0.25, -0.2) is 14.4 Å². The van der Waals surface area contributed by atoms with Gasteiger partial charge in [-0.2, -0.15) is 0 Å². The number of unbranched alkanes of at least 4 members (excludes halogenated alkanes) is 1. The van der Waals surface area contributed by atoms with E-state index in [9.17, 15) is 14.4 Å². The first kappa shape index (κ1) is 27.5. The molecule has 1 saturated heterocycles. The molecule has 1 atom stereocenters. The Balaban J connectivity index is 0.000000456. The van der Waals surface area contributed by atoms with E-state index < -0.39 is 11.9 Å². The highest BCUT2D eigenvalue weighted by Crippen LogP contribution is 2.08. The van der Waals surface area contributed by atoms with E-state index >= 15 is 0 Å². The monoisotopic (exact) mass is 430 g/mol. The van der Waals surface area contributed by atoms with Crippen LogP contribution in [0.2, 0.25) is 0 Å². The normalized spacial score (nSPS) is 13.4. The van der Waals surface area contributed by atoms with Crippen LogP contribution in [0.5, 0.6) is 0 Å². The number of hydrogen-bond donors (Lipinski definition) is 1. The third-order valence-corrected chi connectivity index (χ3v) is 3.44. The van der Waals surface area contributed by atoms with Crippen molar-refractivity contribution in [2.45, 2.75) is 25.9 Å². The minimum atomic E-state index is -1.12. The zero-order chi connectivity index (χ0) is 23.5. The summed E-state index contributed by atoms with van der Waals surface area (Å²) in [5.41, 5.74) is 1.22. The number of carboxylic acid groups (broad SMARTS) is 1. The second kappa shape index (κ2) is 17.4. The van der Waals surface area contributed by atoms with Crippen LogP contribution in [-0.4, -0.2) is 48.9 Å². The van der Waals surface area contributed by atoms with Gasteiger partial charge in [-0.1, -0.05) is 69.5 Å². The van der Waals surface area contributed by atoms with Crippen LogP contribution in [0.3, 0.4) is 0 Å². The maximum atomic E-state index is 11.1. The summed E-state index contributed by atoms with van der Waals surface area (Å²) in [5.74, 6) is -2.08. The number of esters is 2. The molecule has 31 heavy (non-hydrogen) atoms. The van der Waals surface area contributed by atoms with Crippen molar-refractivity contribution < 1.29 is 33.7 Å². The quantitative estimate of drug-likeness (QED) is 0.197. The lowest BCUT2D eigenvalue weighted by Crippen LogP contribution is -2.07. The number of carbonyl (C=O) groups is 3. The number of benzene rings is 1. The van der Waals surface area contributed by atoms with Gasteiger partial charge in [0.25, 0.3) is 0 Å². The van der Waals surface area contributed by atoms with Gasteiger partial charge in [0.05, 0.1) is 18.8 Å². The van der Waals surface area contributed by atoms with Gasteiger partial charge in [0.2, 0.25) is 0 Å². The molecule has 0 spiro atoms. The van der Waals surface area contributed by atoms with Crippen LogP contribution in [0.15, 0.2) is 73.9 Å².